The Hall–Kier alpha value is -0.370. The van der Waals surface area contributed by atoms with E-state index in [1.807, 2.05) is 20.8 Å². The van der Waals surface area contributed by atoms with Crippen LogP contribution in [0.15, 0.2) is 0 Å². The Bertz CT molecular complexity index is 149. The van der Waals surface area contributed by atoms with Crippen molar-refractivity contribution in [3.63, 3.8) is 0 Å². The molecule has 1 heterocycles. The lowest BCUT2D eigenvalue weighted by Gasteiger charge is -2.19. The van der Waals surface area contributed by atoms with E-state index in [1.165, 1.54) is 0 Å². The van der Waals surface area contributed by atoms with Crippen LogP contribution in [0.1, 0.15) is 27.2 Å². The van der Waals surface area contributed by atoms with Crippen molar-refractivity contribution in [1.82, 2.24) is 0 Å². The topological polar surface area (TPSA) is 26.3 Å². The summed E-state index contributed by atoms with van der Waals surface area (Å²) in [6.07, 6.45) is 0.913. The summed E-state index contributed by atoms with van der Waals surface area (Å²) in [5.74, 6) is 0.505. The molecule has 0 aromatic heterocycles. The van der Waals surface area contributed by atoms with Crippen molar-refractivity contribution in [2.45, 2.75) is 27.2 Å². The van der Waals surface area contributed by atoms with Crippen molar-refractivity contribution in [3.05, 3.63) is 0 Å². The van der Waals surface area contributed by atoms with Gasteiger partial charge in [0.25, 0.3) is 0 Å². The van der Waals surface area contributed by atoms with E-state index in [2.05, 4.69) is 0 Å². The zero-order chi connectivity index (χ0) is 8.48. The minimum atomic E-state index is -0.196. The van der Waals surface area contributed by atoms with Crippen molar-refractivity contribution in [1.29, 1.82) is 0 Å². The van der Waals surface area contributed by atoms with Gasteiger partial charge in [-0.3, -0.25) is 4.79 Å². The molecule has 0 radical (unpaired) electrons. The summed E-state index contributed by atoms with van der Waals surface area (Å²) in [7, 11) is 0. The fraction of sp³-hybridized carbons (Fsp3) is 0.889. The first-order valence-electron chi connectivity index (χ1n) is 4.14. The molecule has 0 amide bonds. The second-order valence-electron chi connectivity index (χ2n) is 4.17. The minimum absolute atomic E-state index is 0.162. The average molecular weight is 156 g/mol. The van der Waals surface area contributed by atoms with Crippen LogP contribution in [0.2, 0.25) is 0 Å². The first kappa shape index (κ1) is 8.72. The maximum atomic E-state index is 11.6. The summed E-state index contributed by atoms with van der Waals surface area (Å²) in [6, 6.07) is 0. The molecule has 1 rings (SSSR count). The molecule has 2 nitrogen and oxygen atoms in total. The van der Waals surface area contributed by atoms with Gasteiger partial charge in [0.2, 0.25) is 0 Å². The third kappa shape index (κ3) is 2.03. The molecule has 0 aromatic carbocycles. The van der Waals surface area contributed by atoms with Gasteiger partial charge < -0.3 is 4.74 Å². The van der Waals surface area contributed by atoms with E-state index in [1.54, 1.807) is 0 Å². The molecule has 64 valence electrons. The number of carbonyl (C=O) groups excluding carboxylic acids is 1. The molecule has 11 heavy (non-hydrogen) atoms. The predicted molar refractivity (Wildman–Crippen MR) is 43.4 cm³/mol. The van der Waals surface area contributed by atoms with E-state index >= 15 is 0 Å². The summed E-state index contributed by atoms with van der Waals surface area (Å²) >= 11 is 0. The van der Waals surface area contributed by atoms with Crippen LogP contribution in [-0.2, 0) is 9.53 Å². The number of hydrogen-bond donors (Lipinski definition) is 0. The Kier molecular flexibility index (Phi) is 2.33. The molecule has 0 spiro atoms. The smallest absolute Gasteiger partial charge is 0.143 e. The standard InChI is InChI=1S/C9H16O2/c1-9(2,3)8(10)7-4-5-11-6-7/h7H,4-6H2,1-3H3/t7-/m0/s1. The van der Waals surface area contributed by atoms with Crippen molar-refractivity contribution < 1.29 is 9.53 Å². The quantitative estimate of drug-likeness (QED) is 0.577. The molecule has 0 aliphatic carbocycles. The lowest BCUT2D eigenvalue weighted by atomic mass is 9.83. The van der Waals surface area contributed by atoms with Gasteiger partial charge in [0.1, 0.15) is 5.78 Å². The molecule has 1 saturated heterocycles. The average Bonchev–Trinajstić information content (AvgIpc) is 2.34. The highest BCUT2D eigenvalue weighted by atomic mass is 16.5. The highest BCUT2D eigenvalue weighted by Crippen LogP contribution is 2.25. The number of Topliss-reactive ketones (excluding diaryl/α,β-unsaturated/α-hetero) is 1. The van der Waals surface area contributed by atoms with Crippen LogP contribution in [-0.4, -0.2) is 19.0 Å². The Labute approximate surface area is 67.9 Å². The maximum Gasteiger partial charge on any atom is 0.143 e. The first-order valence-corrected chi connectivity index (χ1v) is 4.14. The zero-order valence-corrected chi connectivity index (χ0v) is 7.52. The molecule has 1 aliphatic rings. The van der Waals surface area contributed by atoms with Crippen LogP contribution in [0.4, 0.5) is 0 Å². The van der Waals surface area contributed by atoms with Gasteiger partial charge in [-0.2, -0.15) is 0 Å². The van der Waals surface area contributed by atoms with Gasteiger partial charge in [-0.25, -0.2) is 0 Å². The lowest BCUT2D eigenvalue weighted by Crippen LogP contribution is -2.28. The summed E-state index contributed by atoms with van der Waals surface area (Å²) in [5, 5.41) is 0. The normalized spacial score (nSPS) is 25.5. The molecular formula is C9H16O2. The predicted octanol–water partition coefficient (Wildman–Crippen LogP) is 1.64. The van der Waals surface area contributed by atoms with Crippen molar-refractivity contribution in [3.8, 4) is 0 Å². The minimum Gasteiger partial charge on any atom is -0.381 e. The molecular weight excluding hydrogens is 140 g/mol. The van der Waals surface area contributed by atoms with Gasteiger partial charge in [0, 0.05) is 17.9 Å². The summed E-state index contributed by atoms with van der Waals surface area (Å²) in [4.78, 5) is 11.6. The molecule has 1 atom stereocenters. The fourth-order valence-electron chi connectivity index (χ4n) is 1.35. The largest absolute Gasteiger partial charge is 0.381 e. The first-order chi connectivity index (χ1) is 5.02. The van der Waals surface area contributed by atoms with Crippen LogP contribution in [0.25, 0.3) is 0 Å². The van der Waals surface area contributed by atoms with Gasteiger partial charge in [0.15, 0.2) is 0 Å². The summed E-state index contributed by atoms with van der Waals surface area (Å²) < 4.78 is 5.15. The number of hydrogen-bond acceptors (Lipinski definition) is 2. The van der Waals surface area contributed by atoms with Crippen molar-refractivity contribution >= 4 is 5.78 Å². The fourth-order valence-corrected chi connectivity index (χ4v) is 1.35. The van der Waals surface area contributed by atoms with Gasteiger partial charge in [-0.15, -0.1) is 0 Å². The lowest BCUT2D eigenvalue weighted by molar-refractivity contribution is -0.130. The van der Waals surface area contributed by atoms with E-state index in [9.17, 15) is 4.79 Å². The number of ether oxygens (including phenoxy) is 1. The second-order valence-corrected chi connectivity index (χ2v) is 4.17. The Balaban J connectivity index is 2.53. The molecule has 0 bridgehead atoms. The van der Waals surface area contributed by atoms with Crippen LogP contribution in [0.3, 0.4) is 0 Å². The third-order valence-electron chi connectivity index (χ3n) is 2.04. The SMILES string of the molecule is CC(C)(C)C(=O)[C@H]1CCOC1. The van der Waals surface area contributed by atoms with Crippen LogP contribution >= 0.6 is 0 Å². The van der Waals surface area contributed by atoms with Crippen molar-refractivity contribution in [2.24, 2.45) is 11.3 Å². The Morgan fingerprint density at radius 2 is 2.09 bits per heavy atom. The Morgan fingerprint density at radius 1 is 1.45 bits per heavy atom. The van der Waals surface area contributed by atoms with Gasteiger partial charge in [-0.1, -0.05) is 20.8 Å². The summed E-state index contributed by atoms with van der Waals surface area (Å²) in [6.45, 7) is 7.29. The van der Waals surface area contributed by atoms with Crippen molar-refractivity contribution in [2.75, 3.05) is 13.2 Å². The molecule has 1 fully saturated rings. The molecule has 2 heteroatoms. The molecule has 0 unspecified atom stereocenters. The van der Waals surface area contributed by atoms with Gasteiger partial charge in [-0.05, 0) is 6.42 Å². The van der Waals surface area contributed by atoms with Crippen LogP contribution in [0, 0.1) is 11.3 Å². The van der Waals surface area contributed by atoms with E-state index in [0.717, 1.165) is 13.0 Å². The van der Waals surface area contributed by atoms with E-state index in [4.69, 9.17) is 4.74 Å². The Morgan fingerprint density at radius 3 is 2.45 bits per heavy atom. The van der Waals surface area contributed by atoms with Gasteiger partial charge >= 0.3 is 0 Å². The van der Waals surface area contributed by atoms with Crippen LogP contribution < -0.4 is 0 Å². The number of rotatable bonds is 1. The van der Waals surface area contributed by atoms with Crippen LogP contribution in [0.5, 0.6) is 0 Å². The third-order valence-corrected chi connectivity index (χ3v) is 2.04. The molecule has 0 aromatic rings. The monoisotopic (exact) mass is 156 g/mol. The van der Waals surface area contributed by atoms with E-state index < -0.39 is 0 Å². The highest BCUT2D eigenvalue weighted by Gasteiger charge is 2.31. The molecule has 0 saturated carbocycles. The van der Waals surface area contributed by atoms with Gasteiger partial charge in [0.05, 0.1) is 6.61 Å². The number of ketones is 1. The number of carbonyl (C=O) groups is 1. The summed E-state index contributed by atoms with van der Waals surface area (Å²) in [5.41, 5.74) is -0.196. The maximum absolute atomic E-state index is 11.6. The highest BCUT2D eigenvalue weighted by molar-refractivity contribution is 5.86. The van der Waals surface area contributed by atoms with E-state index in [-0.39, 0.29) is 11.3 Å². The molecule has 0 N–H and O–H groups in total. The zero-order valence-electron chi connectivity index (χ0n) is 7.52. The molecule has 1 aliphatic heterocycles. The second kappa shape index (κ2) is 2.94. The van der Waals surface area contributed by atoms with E-state index in [0.29, 0.717) is 12.4 Å².